The van der Waals surface area contributed by atoms with Gasteiger partial charge in [-0.2, -0.15) is 0 Å². The van der Waals surface area contributed by atoms with Crippen LogP contribution in [0.3, 0.4) is 0 Å². The number of nitrogen functional groups attached to an aromatic ring is 1. The zero-order chi connectivity index (χ0) is 11.6. The van der Waals surface area contributed by atoms with Crippen LogP contribution in [0.15, 0.2) is 6.07 Å². The topological polar surface area (TPSA) is 82.0 Å². The Morgan fingerprint density at radius 2 is 2.27 bits per heavy atom. The van der Waals surface area contributed by atoms with E-state index in [9.17, 15) is 18.9 Å². The van der Waals surface area contributed by atoms with Crippen LogP contribution in [0, 0.1) is 10.1 Å². The maximum absolute atomic E-state index is 12.5. The molecule has 0 atom stereocenters. The number of nitro groups is 1. The molecule has 1 rings (SSSR count). The third kappa shape index (κ3) is 2.30. The number of hydrogen-bond donors (Lipinski definition) is 1. The van der Waals surface area contributed by atoms with Crippen LogP contribution in [0.2, 0.25) is 0 Å². The van der Waals surface area contributed by atoms with Crippen LogP contribution in [0.1, 0.15) is 17.7 Å². The molecule has 0 aliphatic heterocycles. The first-order valence-corrected chi connectivity index (χ1v) is 4.28. The van der Waals surface area contributed by atoms with Gasteiger partial charge in [-0.3, -0.25) is 0 Å². The molecule has 0 spiro atoms. The summed E-state index contributed by atoms with van der Waals surface area (Å²) in [5.41, 5.74) is 4.07. The summed E-state index contributed by atoms with van der Waals surface area (Å²) in [6.07, 6.45) is -2.85. The van der Waals surface area contributed by atoms with Crippen LogP contribution >= 0.6 is 11.6 Å². The molecule has 0 bridgehead atoms. The molecule has 8 heteroatoms. The van der Waals surface area contributed by atoms with Crippen molar-refractivity contribution in [1.82, 2.24) is 4.98 Å². The number of pyridine rings is 1. The summed E-state index contributed by atoms with van der Waals surface area (Å²) in [5.74, 6) is -0.946. The van der Waals surface area contributed by atoms with Gasteiger partial charge in [-0.25, -0.2) is 8.78 Å². The second kappa shape index (κ2) is 4.35. The first-order valence-electron chi connectivity index (χ1n) is 3.75. The maximum Gasteiger partial charge on any atom is 0.365 e. The molecule has 0 amide bonds. The molecule has 0 unspecified atom stereocenters. The fourth-order valence-corrected chi connectivity index (χ4v) is 1.27. The summed E-state index contributed by atoms with van der Waals surface area (Å²) in [4.78, 5) is 12.9. The van der Waals surface area contributed by atoms with Crippen LogP contribution in [-0.4, -0.2) is 9.91 Å². The molecule has 1 aromatic heterocycles. The largest absolute Gasteiger partial charge is 0.398 e. The van der Waals surface area contributed by atoms with E-state index >= 15 is 0 Å². The molecule has 0 saturated heterocycles. The molecule has 2 N–H and O–H groups in total. The predicted octanol–water partition coefficient (Wildman–Crippen LogP) is 2.25. The van der Waals surface area contributed by atoms with E-state index in [1.807, 2.05) is 0 Å². The summed E-state index contributed by atoms with van der Waals surface area (Å²) in [6, 6.07) is 0.789. The molecule has 82 valence electrons. The second-order valence-corrected chi connectivity index (χ2v) is 2.89. The number of halogens is 3. The lowest BCUT2D eigenvalue weighted by molar-refractivity contribution is -0.389. The number of nitrogens with zero attached hydrogens (tertiary/aromatic N) is 2. The summed E-state index contributed by atoms with van der Waals surface area (Å²) in [7, 11) is 0. The van der Waals surface area contributed by atoms with Gasteiger partial charge in [0.2, 0.25) is 0 Å². The van der Waals surface area contributed by atoms with Crippen molar-refractivity contribution in [2.75, 3.05) is 5.73 Å². The summed E-state index contributed by atoms with van der Waals surface area (Å²) >= 11 is 5.35. The maximum atomic E-state index is 12.5. The number of nitrogens with two attached hydrogens (primary N) is 1. The number of anilines is 1. The lowest BCUT2D eigenvalue weighted by Gasteiger charge is -2.05. The highest BCUT2D eigenvalue weighted by Crippen LogP contribution is 2.30. The van der Waals surface area contributed by atoms with E-state index in [-0.39, 0.29) is 17.3 Å². The normalized spacial score (nSPS) is 10.7. The number of aromatic nitrogens is 1. The van der Waals surface area contributed by atoms with Gasteiger partial charge in [-0.15, -0.1) is 11.6 Å². The molecule has 1 aromatic rings. The Hall–Kier alpha value is -1.50. The van der Waals surface area contributed by atoms with Gasteiger partial charge in [0.05, 0.1) is 23.2 Å². The molecular weight excluding hydrogens is 232 g/mol. The Balaban J connectivity index is 3.37. The average molecular weight is 238 g/mol. The van der Waals surface area contributed by atoms with Gasteiger partial charge in [0.1, 0.15) is 0 Å². The molecule has 5 nitrogen and oxygen atoms in total. The van der Waals surface area contributed by atoms with Crippen molar-refractivity contribution in [2.24, 2.45) is 0 Å². The molecule has 15 heavy (non-hydrogen) atoms. The minimum absolute atomic E-state index is 0.265. The van der Waals surface area contributed by atoms with E-state index in [4.69, 9.17) is 17.3 Å². The fraction of sp³-hybridized carbons (Fsp3) is 0.286. The first kappa shape index (κ1) is 11.6. The second-order valence-electron chi connectivity index (χ2n) is 2.62. The summed E-state index contributed by atoms with van der Waals surface area (Å²) < 4.78 is 24.9. The smallest absolute Gasteiger partial charge is 0.365 e. The molecule has 0 aromatic carbocycles. The van der Waals surface area contributed by atoms with Gasteiger partial charge in [0.25, 0.3) is 6.43 Å². The van der Waals surface area contributed by atoms with Crippen molar-refractivity contribution >= 4 is 23.1 Å². The first-order chi connectivity index (χ1) is 6.97. The van der Waals surface area contributed by atoms with Crippen molar-refractivity contribution in [2.45, 2.75) is 12.3 Å². The van der Waals surface area contributed by atoms with E-state index in [2.05, 4.69) is 4.98 Å². The summed E-state index contributed by atoms with van der Waals surface area (Å²) in [5, 5.41) is 10.4. The number of alkyl halides is 3. The van der Waals surface area contributed by atoms with Crippen LogP contribution in [0.25, 0.3) is 0 Å². The Morgan fingerprint density at radius 3 is 2.67 bits per heavy atom. The van der Waals surface area contributed by atoms with Gasteiger partial charge in [0, 0.05) is 0 Å². The van der Waals surface area contributed by atoms with Crippen LogP contribution < -0.4 is 5.73 Å². The fourth-order valence-electron chi connectivity index (χ4n) is 1.06. The lowest BCUT2D eigenvalue weighted by atomic mass is 10.1. The Bertz CT molecular complexity index is 400. The quantitative estimate of drug-likeness (QED) is 0.497. The van der Waals surface area contributed by atoms with Crippen LogP contribution in [0.4, 0.5) is 20.3 Å². The van der Waals surface area contributed by atoms with Crippen molar-refractivity contribution in [3.05, 3.63) is 27.4 Å². The Morgan fingerprint density at radius 1 is 1.67 bits per heavy atom. The highest BCUT2D eigenvalue weighted by atomic mass is 35.5. The van der Waals surface area contributed by atoms with E-state index < -0.39 is 22.7 Å². The zero-order valence-electron chi connectivity index (χ0n) is 7.28. The Labute approximate surface area is 88.0 Å². The van der Waals surface area contributed by atoms with E-state index in [1.54, 1.807) is 0 Å². The molecule has 1 heterocycles. The molecule has 0 radical (unpaired) electrons. The molecule has 0 fully saturated rings. The highest BCUT2D eigenvalue weighted by Gasteiger charge is 2.24. The Kier molecular flexibility index (Phi) is 3.35. The minimum atomic E-state index is -2.85. The predicted molar refractivity (Wildman–Crippen MR) is 49.8 cm³/mol. The molecule has 0 aliphatic rings. The SMILES string of the molecule is Nc1cc([N+](=O)[O-])nc(CCl)c1C(F)F. The van der Waals surface area contributed by atoms with Crippen molar-refractivity contribution in [1.29, 1.82) is 0 Å². The van der Waals surface area contributed by atoms with Crippen LogP contribution in [-0.2, 0) is 5.88 Å². The van der Waals surface area contributed by atoms with E-state index in [0.29, 0.717) is 0 Å². The summed E-state index contributed by atoms with van der Waals surface area (Å²) in [6.45, 7) is 0. The minimum Gasteiger partial charge on any atom is -0.398 e. The van der Waals surface area contributed by atoms with E-state index in [0.717, 1.165) is 6.07 Å². The lowest BCUT2D eigenvalue weighted by Crippen LogP contribution is -2.05. The third-order valence-corrected chi connectivity index (χ3v) is 1.94. The van der Waals surface area contributed by atoms with Crippen molar-refractivity contribution in [3.63, 3.8) is 0 Å². The third-order valence-electron chi connectivity index (χ3n) is 1.69. The molecular formula is C7H6ClF2N3O2. The van der Waals surface area contributed by atoms with Gasteiger partial charge in [-0.05, 0) is 9.91 Å². The van der Waals surface area contributed by atoms with Gasteiger partial charge < -0.3 is 15.8 Å². The van der Waals surface area contributed by atoms with E-state index in [1.165, 1.54) is 0 Å². The van der Waals surface area contributed by atoms with Crippen molar-refractivity contribution in [3.8, 4) is 0 Å². The average Bonchev–Trinajstić information content (AvgIpc) is 2.15. The zero-order valence-corrected chi connectivity index (χ0v) is 8.04. The highest BCUT2D eigenvalue weighted by molar-refractivity contribution is 6.17. The molecule has 0 aliphatic carbocycles. The number of rotatable bonds is 3. The number of hydrogen-bond acceptors (Lipinski definition) is 4. The standard InChI is InChI=1S/C7H6ClF2N3O2/c8-2-4-6(7(9)10)3(11)1-5(12-4)13(14)15/h1,7H,2H2,(H2,11,12). The van der Waals surface area contributed by atoms with Gasteiger partial charge in [-0.1, -0.05) is 0 Å². The molecule has 0 saturated carbocycles. The monoisotopic (exact) mass is 237 g/mol. The van der Waals surface area contributed by atoms with Crippen molar-refractivity contribution < 1.29 is 13.7 Å². The van der Waals surface area contributed by atoms with Crippen LogP contribution in [0.5, 0.6) is 0 Å². The van der Waals surface area contributed by atoms with Gasteiger partial charge >= 0.3 is 5.82 Å². The van der Waals surface area contributed by atoms with Gasteiger partial charge in [0.15, 0.2) is 5.69 Å².